The van der Waals surface area contributed by atoms with E-state index in [-0.39, 0.29) is 6.10 Å². The van der Waals surface area contributed by atoms with Crippen LogP contribution >= 0.6 is 0 Å². The van der Waals surface area contributed by atoms with Crippen LogP contribution in [0.1, 0.15) is 51.6 Å². The molecule has 0 bridgehead atoms. The van der Waals surface area contributed by atoms with Crippen LogP contribution in [0.4, 0.5) is 0 Å². The maximum atomic E-state index is 5.76. The van der Waals surface area contributed by atoms with E-state index in [1.165, 1.54) is 31.4 Å². The van der Waals surface area contributed by atoms with Crippen molar-refractivity contribution >= 4 is 0 Å². The van der Waals surface area contributed by atoms with E-state index in [4.69, 9.17) is 4.74 Å². The minimum absolute atomic E-state index is 0.222. The molecule has 1 aliphatic heterocycles. The molecule has 1 saturated heterocycles. The predicted molar refractivity (Wildman–Crippen MR) is 84.3 cm³/mol. The van der Waals surface area contributed by atoms with Crippen LogP contribution in [0.5, 0.6) is 5.75 Å². The zero-order valence-corrected chi connectivity index (χ0v) is 13.0. The molecule has 2 N–H and O–H groups in total. The van der Waals surface area contributed by atoms with Crippen molar-refractivity contribution in [3.05, 3.63) is 29.8 Å². The van der Waals surface area contributed by atoms with Gasteiger partial charge in [0.05, 0.1) is 6.10 Å². The summed E-state index contributed by atoms with van der Waals surface area (Å²) in [6.45, 7) is 8.54. The molecule has 20 heavy (non-hydrogen) atoms. The van der Waals surface area contributed by atoms with Crippen molar-refractivity contribution in [1.82, 2.24) is 10.6 Å². The third-order valence-corrected chi connectivity index (χ3v) is 3.81. The van der Waals surface area contributed by atoms with Gasteiger partial charge in [-0.05, 0) is 57.9 Å². The first-order valence-corrected chi connectivity index (χ1v) is 7.88. The van der Waals surface area contributed by atoms with E-state index in [2.05, 4.69) is 49.6 Å². The van der Waals surface area contributed by atoms with Gasteiger partial charge < -0.3 is 15.4 Å². The highest BCUT2D eigenvalue weighted by molar-refractivity contribution is 5.30. The molecule has 1 aromatic rings. The molecule has 1 aliphatic rings. The Morgan fingerprint density at radius 3 is 2.85 bits per heavy atom. The van der Waals surface area contributed by atoms with E-state index in [1.807, 2.05) is 6.07 Å². The summed E-state index contributed by atoms with van der Waals surface area (Å²) >= 11 is 0. The molecule has 112 valence electrons. The zero-order valence-electron chi connectivity index (χ0n) is 13.0. The van der Waals surface area contributed by atoms with Crippen molar-refractivity contribution in [3.63, 3.8) is 0 Å². The summed E-state index contributed by atoms with van der Waals surface area (Å²) in [7, 11) is 0. The number of nitrogens with one attached hydrogen (secondary N) is 2. The second-order valence-electron chi connectivity index (χ2n) is 6.02. The Morgan fingerprint density at radius 2 is 2.15 bits per heavy atom. The number of ether oxygens (including phenoxy) is 1. The van der Waals surface area contributed by atoms with Crippen LogP contribution in [0.3, 0.4) is 0 Å². The fourth-order valence-electron chi connectivity index (χ4n) is 2.66. The van der Waals surface area contributed by atoms with Gasteiger partial charge in [-0.25, -0.2) is 0 Å². The largest absolute Gasteiger partial charge is 0.491 e. The number of benzene rings is 1. The van der Waals surface area contributed by atoms with Crippen molar-refractivity contribution in [2.45, 2.75) is 58.2 Å². The molecule has 0 saturated carbocycles. The van der Waals surface area contributed by atoms with Gasteiger partial charge in [-0.3, -0.25) is 0 Å². The van der Waals surface area contributed by atoms with Gasteiger partial charge in [0.2, 0.25) is 0 Å². The Labute approximate surface area is 123 Å². The fraction of sp³-hybridized carbons (Fsp3) is 0.647. The second kappa shape index (κ2) is 7.65. The van der Waals surface area contributed by atoms with Crippen molar-refractivity contribution in [3.8, 4) is 5.75 Å². The summed E-state index contributed by atoms with van der Waals surface area (Å²) in [5.74, 6) is 0.960. The van der Waals surface area contributed by atoms with Crippen molar-refractivity contribution in [2.75, 3.05) is 13.1 Å². The lowest BCUT2D eigenvalue weighted by Crippen LogP contribution is -2.42. The molecule has 1 heterocycles. The third kappa shape index (κ3) is 4.80. The number of hydrogen-bond acceptors (Lipinski definition) is 3. The average molecular weight is 276 g/mol. The Hall–Kier alpha value is -1.06. The molecule has 0 aliphatic carbocycles. The maximum absolute atomic E-state index is 5.76. The van der Waals surface area contributed by atoms with E-state index in [1.54, 1.807) is 0 Å². The fourth-order valence-corrected chi connectivity index (χ4v) is 2.66. The first-order chi connectivity index (χ1) is 9.65. The number of rotatable bonds is 6. The predicted octanol–water partition coefficient (Wildman–Crippen LogP) is 3.27. The van der Waals surface area contributed by atoms with Gasteiger partial charge in [0.25, 0.3) is 0 Å². The zero-order chi connectivity index (χ0) is 14.4. The van der Waals surface area contributed by atoms with Gasteiger partial charge in [0.1, 0.15) is 5.75 Å². The molecule has 3 heteroatoms. The smallest absolute Gasteiger partial charge is 0.120 e. The molecule has 0 spiro atoms. The van der Waals surface area contributed by atoms with Gasteiger partial charge in [0, 0.05) is 18.6 Å². The van der Waals surface area contributed by atoms with Crippen LogP contribution in [0.2, 0.25) is 0 Å². The monoisotopic (exact) mass is 276 g/mol. The molecule has 2 atom stereocenters. The van der Waals surface area contributed by atoms with Crippen molar-refractivity contribution in [2.24, 2.45) is 0 Å². The van der Waals surface area contributed by atoms with Crippen LogP contribution in [-0.4, -0.2) is 25.2 Å². The molecular formula is C17H28N2O. The summed E-state index contributed by atoms with van der Waals surface area (Å²) in [6.07, 6.45) is 4.18. The first-order valence-electron chi connectivity index (χ1n) is 7.88. The normalized spacial score (nSPS) is 20.9. The molecule has 1 fully saturated rings. The Morgan fingerprint density at radius 1 is 1.30 bits per heavy atom. The topological polar surface area (TPSA) is 33.3 Å². The van der Waals surface area contributed by atoms with E-state index in [0.717, 1.165) is 12.3 Å². The molecule has 0 aromatic heterocycles. The second-order valence-corrected chi connectivity index (χ2v) is 6.02. The summed E-state index contributed by atoms with van der Waals surface area (Å²) in [6, 6.07) is 9.39. The van der Waals surface area contributed by atoms with Gasteiger partial charge in [-0.15, -0.1) is 0 Å². The molecule has 2 unspecified atom stereocenters. The van der Waals surface area contributed by atoms with Gasteiger partial charge in [-0.2, -0.15) is 0 Å². The molecule has 0 amide bonds. The lowest BCUT2D eigenvalue weighted by Gasteiger charge is -2.25. The summed E-state index contributed by atoms with van der Waals surface area (Å²) in [5, 5.41) is 7.21. The molecule has 1 aromatic carbocycles. The van der Waals surface area contributed by atoms with Gasteiger partial charge >= 0.3 is 0 Å². The standard InChI is InChI=1S/C17H28N2O/c1-13(2)20-17-9-6-7-15(11-17)14(3)19-12-16-8-4-5-10-18-16/h6-7,9,11,13-14,16,18-19H,4-5,8,10,12H2,1-3H3. The molecule has 0 radical (unpaired) electrons. The van der Waals surface area contributed by atoms with Gasteiger partial charge in [-0.1, -0.05) is 18.6 Å². The highest BCUT2D eigenvalue weighted by Gasteiger charge is 2.14. The minimum atomic E-state index is 0.222. The van der Waals surface area contributed by atoms with E-state index in [9.17, 15) is 0 Å². The van der Waals surface area contributed by atoms with Crippen LogP contribution in [-0.2, 0) is 0 Å². The van der Waals surface area contributed by atoms with E-state index >= 15 is 0 Å². The minimum Gasteiger partial charge on any atom is -0.491 e. The highest BCUT2D eigenvalue weighted by atomic mass is 16.5. The number of hydrogen-bond donors (Lipinski definition) is 2. The van der Waals surface area contributed by atoms with Crippen LogP contribution in [0.25, 0.3) is 0 Å². The summed E-state index contributed by atoms with van der Waals surface area (Å²) < 4.78 is 5.76. The van der Waals surface area contributed by atoms with Crippen LogP contribution in [0, 0.1) is 0 Å². The van der Waals surface area contributed by atoms with E-state index < -0.39 is 0 Å². The van der Waals surface area contributed by atoms with Crippen molar-refractivity contribution in [1.29, 1.82) is 0 Å². The molecule has 3 nitrogen and oxygen atoms in total. The Bertz CT molecular complexity index is 400. The average Bonchev–Trinajstić information content (AvgIpc) is 2.45. The quantitative estimate of drug-likeness (QED) is 0.836. The van der Waals surface area contributed by atoms with E-state index in [0.29, 0.717) is 12.1 Å². The third-order valence-electron chi connectivity index (χ3n) is 3.81. The van der Waals surface area contributed by atoms with Crippen LogP contribution < -0.4 is 15.4 Å². The first kappa shape index (κ1) is 15.3. The van der Waals surface area contributed by atoms with Gasteiger partial charge in [0.15, 0.2) is 0 Å². The number of piperidine rings is 1. The molecular weight excluding hydrogens is 248 g/mol. The highest BCUT2D eigenvalue weighted by Crippen LogP contribution is 2.20. The Kier molecular flexibility index (Phi) is 5.86. The maximum Gasteiger partial charge on any atom is 0.120 e. The van der Waals surface area contributed by atoms with Crippen molar-refractivity contribution < 1.29 is 4.74 Å². The molecule has 2 rings (SSSR count). The SMILES string of the molecule is CC(C)Oc1cccc(C(C)NCC2CCCCN2)c1. The lowest BCUT2D eigenvalue weighted by molar-refractivity contribution is 0.242. The van der Waals surface area contributed by atoms with Crippen LogP contribution in [0.15, 0.2) is 24.3 Å². The Balaban J connectivity index is 1.86. The lowest BCUT2D eigenvalue weighted by atomic mass is 10.0. The summed E-state index contributed by atoms with van der Waals surface area (Å²) in [5.41, 5.74) is 1.29. The summed E-state index contributed by atoms with van der Waals surface area (Å²) in [4.78, 5) is 0.